The van der Waals surface area contributed by atoms with Crippen LogP contribution in [0.15, 0.2) is 41.3 Å². The van der Waals surface area contributed by atoms with Gasteiger partial charge in [0.15, 0.2) is 0 Å². The van der Waals surface area contributed by atoms with Crippen LogP contribution in [0, 0.1) is 24.1 Å². The zero-order chi connectivity index (χ0) is 15.6. The second kappa shape index (κ2) is 5.72. The first-order valence-corrected chi connectivity index (χ1v) is 7.69. The average molecular weight is 325 g/mol. The van der Waals surface area contributed by atoms with Gasteiger partial charge >= 0.3 is 0 Å². The van der Waals surface area contributed by atoms with Crippen LogP contribution in [0.1, 0.15) is 11.1 Å². The molecule has 0 aliphatic heterocycles. The number of hydrogen-bond donors (Lipinski definition) is 1. The summed E-state index contributed by atoms with van der Waals surface area (Å²) in [4.78, 5) is -0.209. The summed E-state index contributed by atoms with van der Waals surface area (Å²) in [6.07, 6.45) is 0. The van der Waals surface area contributed by atoms with Crippen molar-refractivity contribution in [2.45, 2.75) is 11.8 Å². The fourth-order valence-electron chi connectivity index (χ4n) is 1.71. The van der Waals surface area contributed by atoms with Gasteiger partial charge < -0.3 is 0 Å². The van der Waals surface area contributed by atoms with E-state index in [4.69, 9.17) is 16.9 Å². The molecule has 0 amide bonds. The highest BCUT2D eigenvalue weighted by molar-refractivity contribution is 7.92. The largest absolute Gasteiger partial charge is 0.278 e. The minimum atomic E-state index is -3.96. The molecule has 108 valence electrons. The number of halogens is 2. The molecule has 4 nitrogen and oxygen atoms in total. The summed E-state index contributed by atoms with van der Waals surface area (Å²) >= 11 is 5.97. The number of nitriles is 1. The standard InChI is InChI=1S/C14H10ClFN2O2S/c1-9-3-2-4-12(15)14(9)18-21(19,20)11-5-6-13(16)10(7-11)8-17/h2-7,18H,1H3. The van der Waals surface area contributed by atoms with Gasteiger partial charge in [0.1, 0.15) is 11.9 Å². The molecule has 21 heavy (non-hydrogen) atoms. The van der Waals surface area contributed by atoms with Crippen LogP contribution in [0.2, 0.25) is 5.02 Å². The van der Waals surface area contributed by atoms with Crippen molar-refractivity contribution in [1.82, 2.24) is 0 Å². The third-order valence-electron chi connectivity index (χ3n) is 2.83. The summed E-state index contributed by atoms with van der Waals surface area (Å²) in [5.74, 6) is -0.773. The van der Waals surface area contributed by atoms with Gasteiger partial charge in [-0.3, -0.25) is 4.72 Å². The van der Waals surface area contributed by atoms with E-state index in [0.29, 0.717) is 5.56 Å². The predicted molar refractivity (Wildman–Crippen MR) is 78.1 cm³/mol. The number of nitrogens with zero attached hydrogens (tertiary/aromatic N) is 1. The Balaban J connectivity index is 2.47. The predicted octanol–water partition coefficient (Wildman–Crippen LogP) is 3.46. The molecule has 0 aliphatic rings. The highest BCUT2D eigenvalue weighted by Gasteiger charge is 2.18. The Bertz CT molecular complexity index is 824. The maximum Gasteiger partial charge on any atom is 0.261 e. The molecule has 2 aromatic carbocycles. The van der Waals surface area contributed by atoms with Crippen molar-refractivity contribution in [1.29, 1.82) is 5.26 Å². The lowest BCUT2D eigenvalue weighted by atomic mass is 10.2. The van der Waals surface area contributed by atoms with Gasteiger partial charge in [0.2, 0.25) is 0 Å². The molecule has 0 saturated carbocycles. The van der Waals surface area contributed by atoms with E-state index in [9.17, 15) is 12.8 Å². The number of sulfonamides is 1. The van der Waals surface area contributed by atoms with Crippen molar-refractivity contribution in [2.24, 2.45) is 0 Å². The Morgan fingerprint density at radius 2 is 2.00 bits per heavy atom. The molecule has 0 aliphatic carbocycles. The molecule has 1 N–H and O–H groups in total. The van der Waals surface area contributed by atoms with E-state index in [2.05, 4.69) is 4.72 Å². The third kappa shape index (κ3) is 3.15. The van der Waals surface area contributed by atoms with Crippen LogP contribution in [0.25, 0.3) is 0 Å². The Kier molecular flexibility index (Phi) is 4.16. The SMILES string of the molecule is Cc1cccc(Cl)c1NS(=O)(=O)c1ccc(F)c(C#N)c1. The molecule has 0 aromatic heterocycles. The smallest absolute Gasteiger partial charge is 0.261 e. The zero-order valence-electron chi connectivity index (χ0n) is 10.9. The summed E-state index contributed by atoms with van der Waals surface area (Å²) in [6, 6.07) is 9.55. The Morgan fingerprint density at radius 1 is 1.29 bits per heavy atom. The highest BCUT2D eigenvalue weighted by atomic mass is 35.5. The number of rotatable bonds is 3. The van der Waals surface area contributed by atoms with E-state index < -0.39 is 15.8 Å². The highest BCUT2D eigenvalue weighted by Crippen LogP contribution is 2.28. The summed E-state index contributed by atoms with van der Waals surface area (Å²) in [6.45, 7) is 1.70. The van der Waals surface area contributed by atoms with Gasteiger partial charge in [-0.05, 0) is 36.8 Å². The van der Waals surface area contributed by atoms with Crippen LogP contribution in [0.3, 0.4) is 0 Å². The van der Waals surface area contributed by atoms with Gasteiger partial charge in [0, 0.05) is 0 Å². The van der Waals surface area contributed by atoms with E-state index >= 15 is 0 Å². The number of anilines is 1. The fourth-order valence-corrected chi connectivity index (χ4v) is 3.21. The third-order valence-corrected chi connectivity index (χ3v) is 4.49. The maximum atomic E-state index is 13.3. The van der Waals surface area contributed by atoms with Crippen molar-refractivity contribution in [3.05, 3.63) is 58.4 Å². The van der Waals surface area contributed by atoms with E-state index in [1.54, 1.807) is 31.2 Å². The normalized spacial score (nSPS) is 11.0. The van der Waals surface area contributed by atoms with Gasteiger partial charge in [-0.1, -0.05) is 23.7 Å². The molecule has 0 saturated heterocycles. The van der Waals surface area contributed by atoms with Gasteiger partial charge in [-0.15, -0.1) is 0 Å². The number of nitrogens with one attached hydrogen (secondary N) is 1. The summed E-state index contributed by atoms with van der Waals surface area (Å²) in [7, 11) is -3.96. The summed E-state index contributed by atoms with van der Waals surface area (Å²) in [5, 5.41) is 9.01. The lowest BCUT2D eigenvalue weighted by Gasteiger charge is -2.12. The average Bonchev–Trinajstić information content (AvgIpc) is 2.43. The number of hydrogen-bond acceptors (Lipinski definition) is 3. The monoisotopic (exact) mass is 324 g/mol. The summed E-state index contributed by atoms with van der Waals surface area (Å²) < 4.78 is 40.2. The molecule has 0 bridgehead atoms. The van der Waals surface area contributed by atoms with Crippen LogP contribution >= 0.6 is 11.6 Å². The number of aryl methyl sites for hydroxylation is 1. The van der Waals surface area contributed by atoms with Gasteiger partial charge in [0.25, 0.3) is 10.0 Å². The molecular weight excluding hydrogens is 315 g/mol. The van der Waals surface area contributed by atoms with Crippen molar-refractivity contribution >= 4 is 27.3 Å². The van der Waals surface area contributed by atoms with Crippen molar-refractivity contribution in [3.8, 4) is 6.07 Å². The molecule has 0 atom stereocenters. The van der Waals surface area contributed by atoms with E-state index in [1.807, 2.05) is 0 Å². The first-order valence-electron chi connectivity index (χ1n) is 5.83. The molecule has 0 unspecified atom stereocenters. The minimum Gasteiger partial charge on any atom is -0.278 e. The topological polar surface area (TPSA) is 70.0 Å². The van der Waals surface area contributed by atoms with E-state index in [1.165, 1.54) is 0 Å². The van der Waals surface area contributed by atoms with Gasteiger partial charge in [0.05, 0.1) is 21.2 Å². The van der Waals surface area contributed by atoms with Crippen LogP contribution in [0.4, 0.5) is 10.1 Å². The van der Waals surface area contributed by atoms with Crippen molar-refractivity contribution in [3.63, 3.8) is 0 Å². The minimum absolute atomic E-state index is 0.209. The van der Waals surface area contributed by atoms with Gasteiger partial charge in [-0.2, -0.15) is 5.26 Å². The molecule has 0 heterocycles. The molecule has 0 spiro atoms. The maximum absolute atomic E-state index is 13.3. The second-order valence-electron chi connectivity index (χ2n) is 4.29. The van der Waals surface area contributed by atoms with Crippen molar-refractivity contribution < 1.29 is 12.8 Å². The molecule has 2 aromatic rings. The molecule has 2 rings (SSSR count). The van der Waals surface area contributed by atoms with Crippen LogP contribution in [-0.2, 0) is 10.0 Å². The number of benzene rings is 2. The Morgan fingerprint density at radius 3 is 2.62 bits per heavy atom. The quantitative estimate of drug-likeness (QED) is 0.940. The molecule has 7 heteroatoms. The van der Waals surface area contributed by atoms with Crippen LogP contribution < -0.4 is 4.72 Å². The fraction of sp³-hybridized carbons (Fsp3) is 0.0714. The van der Waals surface area contributed by atoms with E-state index in [-0.39, 0.29) is 21.2 Å². The van der Waals surface area contributed by atoms with Crippen molar-refractivity contribution in [2.75, 3.05) is 4.72 Å². The summed E-state index contributed by atoms with van der Waals surface area (Å²) in [5.41, 5.74) is 0.560. The second-order valence-corrected chi connectivity index (χ2v) is 6.38. The molecule has 0 fully saturated rings. The van der Waals surface area contributed by atoms with E-state index in [0.717, 1.165) is 18.2 Å². The zero-order valence-corrected chi connectivity index (χ0v) is 12.5. The first kappa shape index (κ1) is 15.3. The number of para-hydroxylation sites is 1. The Labute approximate surface area is 126 Å². The molecule has 0 radical (unpaired) electrons. The lowest BCUT2D eigenvalue weighted by Crippen LogP contribution is -2.14. The molecular formula is C14H10ClFN2O2S. The first-order chi connectivity index (χ1) is 9.85. The lowest BCUT2D eigenvalue weighted by molar-refractivity contribution is 0.599. The van der Waals surface area contributed by atoms with Crippen LogP contribution in [0.5, 0.6) is 0 Å². The van der Waals surface area contributed by atoms with Gasteiger partial charge in [-0.25, -0.2) is 12.8 Å². The van der Waals surface area contributed by atoms with Crippen LogP contribution in [-0.4, -0.2) is 8.42 Å². The Hall–Kier alpha value is -2.10.